The first-order chi connectivity index (χ1) is 9.88. The molecule has 1 atom stereocenters. The molecule has 2 aromatic rings. The van der Waals surface area contributed by atoms with Gasteiger partial charge in [0, 0.05) is 22.6 Å². The van der Waals surface area contributed by atoms with E-state index in [4.69, 9.17) is 5.84 Å². The van der Waals surface area contributed by atoms with Gasteiger partial charge in [0.1, 0.15) is 0 Å². The molecule has 106 valence electrons. The summed E-state index contributed by atoms with van der Waals surface area (Å²) in [6.45, 7) is 0. The second-order valence-corrected chi connectivity index (χ2v) is 6.71. The Morgan fingerprint density at radius 3 is 2.90 bits per heavy atom. The fourth-order valence-corrected chi connectivity index (χ4v) is 4.35. The Labute approximate surface area is 124 Å². The molecule has 4 heteroatoms. The molecule has 1 aromatic carbocycles. The van der Waals surface area contributed by atoms with Gasteiger partial charge in [-0.25, -0.2) is 0 Å². The molecule has 3 nitrogen and oxygen atoms in total. The lowest BCUT2D eigenvalue weighted by Gasteiger charge is -2.19. The van der Waals surface area contributed by atoms with Crippen molar-refractivity contribution in [2.24, 2.45) is 5.84 Å². The number of nitrogens with one attached hydrogen (secondary N) is 1. The van der Waals surface area contributed by atoms with Crippen LogP contribution in [0.5, 0.6) is 0 Å². The fraction of sp³-hybridized carbons (Fsp3) is 0.438. The number of aromatic nitrogens is 1. The molecule has 1 heterocycles. The summed E-state index contributed by atoms with van der Waals surface area (Å²) in [5.41, 5.74) is 5.28. The maximum Gasteiger partial charge on any atom is 0.0705 e. The first-order valence-electron chi connectivity index (χ1n) is 7.30. The molecule has 0 amide bonds. The zero-order chi connectivity index (χ0) is 13.8. The molecule has 1 aliphatic carbocycles. The van der Waals surface area contributed by atoms with Gasteiger partial charge < -0.3 is 0 Å². The molecule has 1 unspecified atom stereocenters. The van der Waals surface area contributed by atoms with Crippen molar-refractivity contribution in [1.82, 2.24) is 10.4 Å². The zero-order valence-corrected chi connectivity index (χ0v) is 12.4. The van der Waals surface area contributed by atoms with Crippen LogP contribution in [0.3, 0.4) is 0 Å². The van der Waals surface area contributed by atoms with Crippen LogP contribution in [0.15, 0.2) is 36.5 Å². The van der Waals surface area contributed by atoms with Gasteiger partial charge in [0.25, 0.3) is 0 Å². The highest BCUT2D eigenvalue weighted by Gasteiger charge is 2.19. The molecule has 1 fully saturated rings. The third-order valence-corrected chi connectivity index (χ3v) is 5.53. The van der Waals surface area contributed by atoms with Crippen molar-refractivity contribution in [2.75, 3.05) is 5.75 Å². The van der Waals surface area contributed by atoms with Gasteiger partial charge in [-0.1, -0.05) is 31.0 Å². The Hall–Kier alpha value is -1.10. The van der Waals surface area contributed by atoms with Gasteiger partial charge in [-0.15, -0.1) is 0 Å². The first-order valence-corrected chi connectivity index (χ1v) is 8.35. The molecule has 20 heavy (non-hydrogen) atoms. The summed E-state index contributed by atoms with van der Waals surface area (Å²) < 4.78 is 0. The van der Waals surface area contributed by atoms with Crippen molar-refractivity contribution < 1.29 is 0 Å². The largest absolute Gasteiger partial charge is 0.271 e. The highest BCUT2D eigenvalue weighted by molar-refractivity contribution is 7.99. The highest BCUT2D eigenvalue weighted by Crippen LogP contribution is 2.33. The van der Waals surface area contributed by atoms with Crippen LogP contribution < -0.4 is 11.3 Å². The molecule has 3 rings (SSSR count). The van der Waals surface area contributed by atoms with Crippen LogP contribution >= 0.6 is 11.8 Å². The molecule has 3 N–H and O–H groups in total. The van der Waals surface area contributed by atoms with Gasteiger partial charge in [-0.3, -0.25) is 16.3 Å². The smallest absolute Gasteiger partial charge is 0.0705 e. The number of thioether (sulfide) groups is 1. The fourth-order valence-electron chi connectivity index (χ4n) is 2.95. The van der Waals surface area contributed by atoms with E-state index in [1.807, 2.05) is 12.3 Å². The zero-order valence-electron chi connectivity index (χ0n) is 11.6. The molecule has 1 aromatic heterocycles. The molecule has 0 bridgehead atoms. The number of rotatable bonds is 5. The maximum atomic E-state index is 5.80. The van der Waals surface area contributed by atoms with Crippen molar-refractivity contribution in [2.45, 2.75) is 37.0 Å². The summed E-state index contributed by atoms with van der Waals surface area (Å²) in [5.74, 6) is 6.82. The van der Waals surface area contributed by atoms with Crippen molar-refractivity contribution in [3.63, 3.8) is 0 Å². The minimum absolute atomic E-state index is 0.188. The Kier molecular flexibility index (Phi) is 4.55. The van der Waals surface area contributed by atoms with Crippen LogP contribution in [0.1, 0.15) is 37.3 Å². The number of benzene rings is 1. The summed E-state index contributed by atoms with van der Waals surface area (Å²) in [5, 5.41) is 2.02. The predicted molar refractivity (Wildman–Crippen MR) is 86.5 cm³/mol. The van der Waals surface area contributed by atoms with Crippen molar-refractivity contribution in [3.05, 3.63) is 42.1 Å². The summed E-state index contributed by atoms with van der Waals surface area (Å²) in [4.78, 5) is 4.42. The van der Waals surface area contributed by atoms with E-state index >= 15 is 0 Å². The van der Waals surface area contributed by atoms with E-state index in [-0.39, 0.29) is 6.04 Å². The summed E-state index contributed by atoms with van der Waals surface area (Å²) in [6, 6.07) is 10.6. The van der Waals surface area contributed by atoms with Gasteiger partial charge in [0.15, 0.2) is 0 Å². The highest BCUT2D eigenvalue weighted by atomic mass is 32.2. The molecular formula is C16H21N3S. The third kappa shape index (κ3) is 2.97. The lowest BCUT2D eigenvalue weighted by molar-refractivity contribution is 0.613. The van der Waals surface area contributed by atoms with Crippen LogP contribution in [0.25, 0.3) is 10.9 Å². The van der Waals surface area contributed by atoms with Crippen LogP contribution in [-0.2, 0) is 0 Å². The van der Waals surface area contributed by atoms with Gasteiger partial charge in [0.05, 0.1) is 11.6 Å². The Bertz CT molecular complexity index is 561. The average Bonchev–Trinajstić information content (AvgIpc) is 3.01. The van der Waals surface area contributed by atoms with E-state index in [2.05, 4.69) is 46.4 Å². The molecule has 0 aliphatic heterocycles. The van der Waals surface area contributed by atoms with E-state index in [0.29, 0.717) is 0 Å². The number of hydrogen-bond donors (Lipinski definition) is 2. The Morgan fingerprint density at radius 2 is 2.10 bits per heavy atom. The minimum atomic E-state index is 0.188. The lowest BCUT2D eigenvalue weighted by atomic mass is 10.0. The second kappa shape index (κ2) is 6.57. The number of nitrogens with two attached hydrogens (primary N) is 1. The van der Waals surface area contributed by atoms with Gasteiger partial charge in [-0.05, 0) is 30.5 Å². The number of fused-ring (bicyclic) bond motifs is 1. The monoisotopic (exact) mass is 287 g/mol. The Morgan fingerprint density at radius 1 is 1.25 bits per heavy atom. The predicted octanol–water partition coefficient (Wildman–Crippen LogP) is 3.42. The normalized spacial score (nSPS) is 17.6. The molecule has 1 saturated carbocycles. The standard InChI is InChI=1S/C16H21N3S/c17-19-16(11-20-12-5-1-2-6-12)14-7-3-9-15-13(14)8-4-10-18-15/h3-4,7-10,12,16,19H,1-2,5-6,11,17H2. The van der Waals surface area contributed by atoms with Crippen LogP contribution in [0, 0.1) is 0 Å². The molecule has 1 aliphatic rings. The van der Waals surface area contributed by atoms with Gasteiger partial charge >= 0.3 is 0 Å². The van der Waals surface area contributed by atoms with Crippen LogP contribution in [0.4, 0.5) is 0 Å². The molecule has 0 radical (unpaired) electrons. The van der Waals surface area contributed by atoms with E-state index in [1.165, 1.54) is 36.6 Å². The second-order valence-electron chi connectivity index (χ2n) is 5.38. The van der Waals surface area contributed by atoms with Gasteiger partial charge in [-0.2, -0.15) is 11.8 Å². The minimum Gasteiger partial charge on any atom is -0.271 e. The third-order valence-electron chi connectivity index (χ3n) is 4.06. The first kappa shape index (κ1) is 13.9. The molecule has 0 saturated heterocycles. The van der Waals surface area contributed by atoms with Gasteiger partial charge in [0.2, 0.25) is 0 Å². The number of nitrogens with zero attached hydrogens (tertiary/aromatic N) is 1. The van der Waals surface area contributed by atoms with E-state index in [9.17, 15) is 0 Å². The number of hydrogen-bond acceptors (Lipinski definition) is 4. The number of pyridine rings is 1. The van der Waals surface area contributed by atoms with Crippen LogP contribution in [0.2, 0.25) is 0 Å². The summed E-state index contributed by atoms with van der Waals surface area (Å²) >= 11 is 2.06. The maximum absolute atomic E-state index is 5.80. The van der Waals surface area contributed by atoms with Crippen molar-refractivity contribution in [3.8, 4) is 0 Å². The van der Waals surface area contributed by atoms with E-state index < -0.39 is 0 Å². The van der Waals surface area contributed by atoms with Crippen molar-refractivity contribution >= 4 is 22.7 Å². The Balaban J connectivity index is 1.79. The molecular weight excluding hydrogens is 266 g/mol. The SMILES string of the molecule is NNC(CSC1CCCC1)c1cccc2ncccc12. The number of hydrazine groups is 1. The average molecular weight is 287 g/mol. The lowest BCUT2D eigenvalue weighted by Crippen LogP contribution is -2.30. The van der Waals surface area contributed by atoms with Crippen LogP contribution in [-0.4, -0.2) is 16.0 Å². The quantitative estimate of drug-likeness (QED) is 0.653. The van der Waals surface area contributed by atoms with E-state index in [0.717, 1.165) is 16.5 Å². The topological polar surface area (TPSA) is 50.9 Å². The molecule has 0 spiro atoms. The summed E-state index contributed by atoms with van der Waals surface area (Å²) in [6.07, 6.45) is 7.33. The van der Waals surface area contributed by atoms with E-state index in [1.54, 1.807) is 0 Å². The van der Waals surface area contributed by atoms with Crippen molar-refractivity contribution in [1.29, 1.82) is 0 Å². The summed E-state index contributed by atoms with van der Waals surface area (Å²) in [7, 11) is 0.